The number of carbonyl (C=O) groups excluding carboxylic acids is 2. The molecule has 0 aromatic heterocycles. The van der Waals surface area contributed by atoms with Crippen LogP contribution in [0.15, 0.2) is 18.2 Å². The van der Waals surface area contributed by atoms with Crippen LogP contribution in [-0.4, -0.2) is 60.9 Å². The molecular weight excluding hydrogens is 386 g/mol. The zero-order valence-electron chi connectivity index (χ0n) is 18.5. The van der Waals surface area contributed by atoms with Gasteiger partial charge in [-0.1, -0.05) is 13.0 Å². The lowest BCUT2D eigenvalue weighted by atomic mass is 9.72. The summed E-state index contributed by atoms with van der Waals surface area (Å²) < 4.78 is 16.5. The Morgan fingerprint density at radius 3 is 2.53 bits per heavy atom. The number of aliphatic hydroxyl groups is 1. The van der Waals surface area contributed by atoms with E-state index in [9.17, 15) is 14.7 Å². The minimum Gasteiger partial charge on any atom is -0.493 e. The van der Waals surface area contributed by atoms with Gasteiger partial charge < -0.3 is 24.2 Å². The van der Waals surface area contributed by atoms with E-state index in [1.54, 1.807) is 25.9 Å². The quantitative estimate of drug-likeness (QED) is 0.652. The molecule has 3 rings (SSSR count). The van der Waals surface area contributed by atoms with Gasteiger partial charge in [0.15, 0.2) is 17.6 Å². The molecule has 1 saturated carbocycles. The first-order valence-corrected chi connectivity index (χ1v) is 10.6. The van der Waals surface area contributed by atoms with Gasteiger partial charge in [-0.2, -0.15) is 0 Å². The summed E-state index contributed by atoms with van der Waals surface area (Å²) in [5.41, 5.74) is 0.439. The van der Waals surface area contributed by atoms with E-state index in [1.807, 2.05) is 25.1 Å². The number of amides is 1. The summed E-state index contributed by atoms with van der Waals surface area (Å²) in [7, 11) is 1.62. The van der Waals surface area contributed by atoms with E-state index in [0.717, 1.165) is 5.56 Å². The largest absolute Gasteiger partial charge is 0.493 e. The van der Waals surface area contributed by atoms with E-state index in [4.69, 9.17) is 14.2 Å². The summed E-state index contributed by atoms with van der Waals surface area (Å²) in [6.07, 6.45) is 0.903. The van der Waals surface area contributed by atoms with Gasteiger partial charge in [-0.25, -0.2) is 0 Å². The highest BCUT2D eigenvalue weighted by Gasteiger charge is 2.49. The van der Waals surface area contributed by atoms with E-state index < -0.39 is 23.6 Å². The molecule has 1 amide bonds. The van der Waals surface area contributed by atoms with E-state index in [1.165, 1.54) is 19.8 Å². The lowest BCUT2D eigenvalue weighted by Crippen LogP contribution is -2.41. The lowest BCUT2D eigenvalue weighted by Gasteiger charge is -2.34. The molecule has 166 valence electrons. The van der Waals surface area contributed by atoms with Gasteiger partial charge in [-0.15, -0.1) is 0 Å². The van der Waals surface area contributed by atoms with E-state index in [0.29, 0.717) is 37.1 Å². The standard InChI is InChI=1S/C23H33NO6/c1-14(30-16(3)26)22(27)24-11-19(23(4,13-24)15(2)25)18-8-9-20(28-5)21(10-18)29-12-17-6-7-17/h8-10,14-15,17,19,25H,6-7,11-13H2,1-5H3/t14-,15+,19-,23-/m0/s1. The van der Waals surface area contributed by atoms with Crippen molar-refractivity contribution in [2.75, 3.05) is 26.8 Å². The maximum absolute atomic E-state index is 12.8. The van der Waals surface area contributed by atoms with Crippen LogP contribution >= 0.6 is 0 Å². The highest BCUT2D eigenvalue weighted by molar-refractivity contribution is 5.83. The Balaban J connectivity index is 1.85. The van der Waals surface area contributed by atoms with Gasteiger partial charge >= 0.3 is 5.97 Å². The fourth-order valence-corrected chi connectivity index (χ4v) is 4.16. The molecule has 2 aliphatic rings. The summed E-state index contributed by atoms with van der Waals surface area (Å²) in [5.74, 6) is 1.14. The zero-order valence-corrected chi connectivity index (χ0v) is 18.5. The second kappa shape index (κ2) is 8.84. The molecule has 0 unspecified atom stereocenters. The number of hydrogen-bond acceptors (Lipinski definition) is 6. The van der Waals surface area contributed by atoms with E-state index in [2.05, 4.69) is 0 Å². The third kappa shape index (κ3) is 4.72. The zero-order chi connectivity index (χ0) is 22.1. The van der Waals surface area contributed by atoms with Gasteiger partial charge in [0.2, 0.25) is 0 Å². The van der Waals surface area contributed by atoms with E-state index >= 15 is 0 Å². The average molecular weight is 420 g/mol. The van der Waals surface area contributed by atoms with Gasteiger partial charge in [0, 0.05) is 31.3 Å². The van der Waals surface area contributed by atoms with Gasteiger partial charge in [0.05, 0.1) is 19.8 Å². The number of aliphatic hydroxyl groups excluding tert-OH is 1. The molecule has 1 aliphatic heterocycles. The first-order chi connectivity index (χ1) is 14.2. The molecule has 1 heterocycles. The van der Waals surface area contributed by atoms with Crippen LogP contribution in [0.1, 0.15) is 52.0 Å². The second-order valence-corrected chi connectivity index (χ2v) is 8.87. The maximum Gasteiger partial charge on any atom is 0.303 e. The normalized spacial score (nSPS) is 25.5. The molecular formula is C23H33NO6. The summed E-state index contributed by atoms with van der Waals surface area (Å²) in [4.78, 5) is 25.8. The molecule has 0 bridgehead atoms. The van der Waals surface area contributed by atoms with Crippen LogP contribution in [0.3, 0.4) is 0 Å². The number of esters is 1. The van der Waals surface area contributed by atoms with Crippen LogP contribution < -0.4 is 9.47 Å². The van der Waals surface area contributed by atoms with Crippen molar-refractivity contribution in [3.63, 3.8) is 0 Å². The van der Waals surface area contributed by atoms with Crippen molar-refractivity contribution in [3.05, 3.63) is 23.8 Å². The minimum absolute atomic E-state index is 0.0971. The second-order valence-electron chi connectivity index (χ2n) is 8.87. The van der Waals surface area contributed by atoms with Crippen molar-refractivity contribution < 1.29 is 28.9 Å². The third-order valence-corrected chi connectivity index (χ3v) is 6.45. The fourth-order valence-electron chi connectivity index (χ4n) is 4.16. The number of likely N-dealkylation sites (tertiary alicyclic amines) is 1. The number of methoxy groups -OCH3 is 1. The molecule has 30 heavy (non-hydrogen) atoms. The summed E-state index contributed by atoms with van der Waals surface area (Å²) in [6.45, 7) is 8.09. The van der Waals surface area contributed by atoms with Crippen molar-refractivity contribution >= 4 is 11.9 Å². The Bertz CT molecular complexity index is 790. The monoisotopic (exact) mass is 419 g/mol. The number of hydrogen-bond donors (Lipinski definition) is 1. The van der Waals surface area contributed by atoms with Crippen molar-refractivity contribution in [2.24, 2.45) is 11.3 Å². The summed E-state index contributed by atoms with van der Waals surface area (Å²) in [5, 5.41) is 10.6. The Labute approximate surface area is 178 Å². The van der Waals surface area contributed by atoms with Crippen LogP contribution in [0.25, 0.3) is 0 Å². The van der Waals surface area contributed by atoms with Crippen molar-refractivity contribution in [1.82, 2.24) is 4.90 Å². The predicted molar refractivity (Wildman–Crippen MR) is 112 cm³/mol. The predicted octanol–water partition coefficient (Wildman–Crippen LogP) is 2.75. The molecule has 7 heteroatoms. The Hall–Kier alpha value is -2.28. The summed E-state index contributed by atoms with van der Waals surface area (Å²) in [6, 6.07) is 5.82. The number of nitrogens with zero attached hydrogens (tertiary/aromatic N) is 1. The van der Waals surface area contributed by atoms with Gasteiger partial charge in [0.1, 0.15) is 0 Å². The van der Waals surface area contributed by atoms with Gasteiger partial charge in [-0.3, -0.25) is 9.59 Å². The minimum atomic E-state index is -0.854. The Morgan fingerprint density at radius 2 is 1.97 bits per heavy atom. The van der Waals surface area contributed by atoms with Gasteiger partial charge in [-0.05, 0) is 50.3 Å². The number of carbonyl (C=O) groups is 2. The lowest BCUT2D eigenvalue weighted by molar-refractivity contribution is -0.157. The molecule has 2 fully saturated rings. The van der Waals surface area contributed by atoms with Gasteiger partial charge in [0.25, 0.3) is 5.91 Å². The topological polar surface area (TPSA) is 85.3 Å². The Kier molecular flexibility index (Phi) is 6.60. The molecule has 1 aromatic rings. The van der Waals surface area contributed by atoms with Crippen LogP contribution in [0.4, 0.5) is 0 Å². The number of benzene rings is 1. The van der Waals surface area contributed by atoms with Crippen molar-refractivity contribution in [3.8, 4) is 11.5 Å². The van der Waals surface area contributed by atoms with Crippen LogP contribution in [0, 0.1) is 11.3 Å². The highest BCUT2D eigenvalue weighted by Crippen LogP contribution is 2.47. The smallest absolute Gasteiger partial charge is 0.303 e. The third-order valence-electron chi connectivity index (χ3n) is 6.45. The first kappa shape index (κ1) is 22.4. The highest BCUT2D eigenvalue weighted by atomic mass is 16.5. The molecule has 1 N–H and O–H groups in total. The van der Waals surface area contributed by atoms with Crippen LogP contribution in [0.2, 0.25) is 0 Å². The number of ether oxygens (including phenoxy) is 3. The summed E-state index contributed by atoms with van der Waals surface area (Å²) >= 11 is 0. The first-order valence-electron chi connectivity index (χ1n) is 10.6. The molecule has 0 radical (unpaired) electrons. The maximum atomic E-state index is 12.8. The average Bonchev–Trinajstić information content (AvgIpc) is 3.45. The molecule has 0 spiro atoms. The molecule has 1 aromatic carbocycles. The van der Waals surface area contributed by atoms with Crippen molar-refractivity contribution in [2.45, 2.75) is 58.7 Å². The molecule has 4 atom stereocenters. The Morgan fingerprint density at radius 1 is 1.27 bits per heavy atom. The fraction of sp³-hybridized carbons (Fsp3) is 0.652. The number of rotatable bonds is 8. The van der Waals surface area contributed by atoms with Crippen LogP contribution in [-0.2, 0) is 14.3 Å². The molecule has 1 aliphatic carbocycles. The van der Waals surface area contributed by atoms with Crippen molar-refractivity contribution in [1.29, 1.82) is 0 Å². The van der Waals surface area contributed by atoms with Crippen LogP contribution in [0.5, 0.6) is 11.5 Å². The molecule has 1 saturated heterocycles. The van der Waals surface area contributed by atoms with E-state index in [-0.39, 0.29) is 11.8 Å². The SMILES string of the molecule is COc1ccc([C@@H]2CN(C(=O)[C@H](C)OC(C)=O)C[C@@]2(C)[C@@H](C)O)cc1OCC1CC1. The molecule has 7 nitrogen and oxygen atoms in total.